The lowest BCUT2D eigenvalue weighted by atomic mass is 9.96. The molecule has 2 N–H and O–H groups in total. The molecule has 0 aromatic heterocycles. The molecule has 1 atom stereocenters. The normalized spacial score (nSPS) is 23.5. The highest BCUT2D eigenvalue weighted by molar-refractivity contribution is 6.30. The van der Waals surface area contributed by atoms with Gasteiger partial charge in [0.05, 0.1) is 11.8 Å². The van der Waals surface area contributed by atoms with E-state index in [1.807, 2.05) is 24.3 Å². The van der Waals surface area contributed by atoms with Crippen molar-refractivity contribution in [3.05, 3.63) is 29.3 Å². The summed E-state index contributed by atoms with van der Waals surface area (Å²) in [7, 11) is 0. The van der Waals surface area contributed by atoms with Crippen LogP contribution in [0.25, 0.3) is 0 Å². The molecule has 22 heavy (non-hydrogen) atoms. The molecule has 1 saturated carbocycles. The average Bonchev–Trinajstić information content (AvgIpc) is 2.52. The van der Waals surface area contributed by atoms with Crippen LogP contribution in [-0.2, 0) is 0 Å². The first-order valence-electron chi connectivity index (χ1n) is 8.52. The highest BCUT2D eigenvalue weighted by Crippen LogP contribution is 2.20. The Hall–Kier alpha value is -1.22. The van der Waals surface area contributed by atoms with E-state index < -0.39 is 0 Å². The van der Waals surface area contributed by atoms with Crippen molar-refractivity contribution in [2.75, 3.05) is 5.32 Å². The zero-order chi connectivity index (χ0) is 15.6. The van der Waals surface area contributed by atoms with Crippen molar-refractivity contribution in [3.63, 3.8) is 0 Å². The van der Waals surface area contributed by atoms with E-state index in [2.05, 4.69) is 10.5 Å². The maximum absolute atomic E-state index is 9.42. The molecular weight excluding hydrogens is 296 g/mol. The van der Waals surface area contributed by atoms with Gasteiger partial charge in [0, 0.05) is 10.7 Å². The summed E-state index contributed by atoms with van der Waals surface area (Å²) in [6, 6.07) is 7.84. The Labute approximate surface area is 138 Å². The minimum absolute atomic E-state index is 0.116. The lowest BCUT2D eigenvalue weighted by molar-refractivity contribution is 0.314. The number of oxime groups is 1. The number of hydrogen-bond donors (Lipinski definition) is 2. The Bertz CT molecular complexity index is 459. The Morgan fingerprint density at radius 1 is 0.909 bits per heavy atom. The van der Waals surface area contributed by atoms with Gasteiger partial charge >= 0.3 is 0 Å². The molecule has 0 aliphatic heterocycles. The first kappa shape index (κ1) is 17.1. The van der Waals surface area contributed by atoms with Gasteiger partial charge in [-0.3, -0.25) is 0 Å². The topological polar surface area (TPSA) is 44.6 Å². The zero-order valence-corrected chi connectivity index (χ0v) is 14.0. The predicted molar refractivity (Wildman–Crippen MR) is 94.3 cm³/mol. The monoisotopic (exact) mass is 322 g/mol. The van der Waals surface area contributed by atoms with Crippen LogP contribution in [0, 0.1) is 0 Å². The molecule has 122 valence electrons. The first-order valence-corrected chi connectivity index (χ1v) is 8.90. The van der Waals surface area contributed by atoms with E-state index >= 15 is 0 Å². The molecule has 0 amide bonds. The Morgan fingerprint density at radius 2 is 1.50 bits per heavy atom. The van der Waals surface area contributed by atoms with Crippen LogP contribution in [0.1, 0.15) is 64.2 Å². The van der Waals surface area contributed by atoms with Gasteiger partial charge in [-0.1, -0.05) is 61.7 Å². The second-order valence-electron chi connectivity index (χ2n) is 6.16. The van der Waals surface area contributed by atoms with Gasteiger partial charge in [0.2, 0.25) is 0 Å². The van der Waals surface area contributed by atoms with Crippen molar-refractivity contribution < 1.29 is 5.21 Å². The largest absolute Gasteiger partial charge is 0.411 e. The minimum atomic E-state index is 0.116. The Morgan fingerprint density at radius 3 is 2.14 bits per heavy atom. The van der Waals surface area contributed by atoms with E-state index in [-0.39, 0.29) is 6.04 Å². The second kappa shape index (κ2) is 9.73. The Balaban J connectivity index is 2.01. The van der Waals surface area contributed by atoms with Crippen LogP contribution >= 0.6 is 11.6 Å². The molecule has 1 unspecified atom stereocenters. The van der Waals surface area contributed by atoms with E-state index in [4.69, 9.17) is 11.6 Å². The van der Waals surface area contributed by atoms with E-state index in [1.165, 1.54) is 44.9 Å². The first-order chi connectivity index (χ1) is 10.8. The third kappa shape index (κ3) is 5.88. The number of hydrogen-bond acceptors (Lipinski definition) is 3. The highest BCUT2D eigenvalue weighted by Gasteiger charge is 2.17. The molecule has 1 aromatic rings. The fraction of sp³-hybridized carbons (Fsp3) is 0.611. The molecule has 0 spiro atoms. The number of anilines is 1. The summed E-state index contributed by atoms with van der Waals surface area (Å²) in [6.45, 7) is 0. The maximum Gasteiger partial charge on any atom is 0.0792 e. The van der Waals surface area contributed by atoms with E-state index in [0.717, 1.165) is 35.7 Å². The number of halogens is 1. The zero-order valence-electron chi connectivity index (χ0n) is 13.2. The van der Waals surface area contributed by atoms with Crippen molar-refractivity contribution in [1.82, 2.24) is 0 Å². The summed E-state index contributed by atoms with van der Waals surface area (Å²) in [4.78, 5) is 0. The highest BCUT2D eigenvalue weighted by atomic mass is 35.5. The Kier molecular flexibility index (Phi) is 7.58. The average molecular weight is 323 g/mol. The van der Waals surface area contributed by atoms with Crippen LogP contribution < -0.4 is 5.32 Å². The van der Waals surface area contributed by atoms with Crippen molar-refractivity contribution >= 4 is 23.0 Å². The number of rotatable bonds is 2. The minimum Gasteiger partial charge on any atom is -0.411 e. The molecule has 3 nitrogen and oxygen atoms in total. The SMILES string of the molecule is O/N=C1/CCCCCCCCCCC1Nc1ccc(Cl)cc1. The van der Waals surface area contributed by atoms with Crippen LogP contribution in [0.5, 0.6) is 0 Å². The van der Waals surface area contributed by atoms with E-state index in [1.54, 1.807) is 0 Å². The van der Waals surface area contributed by atoms with Gasteiger partial charge in [-0.15, -0.1) is 0 Å². The number of nitrogens with zero attached hydrogens (tertiary/aromatic N) is 1. The third-order valence-corrected chi connectivity index (χ3v) is 4.64. The van der Waals surface area contributed by atoms with E-state index in [0.29, 0.717) is 0 Å². The van der Waals surface area contributed by atoms with E-state index in [9.17, 15) is 5.21 Å². The molecule has 0 heterocycles. The number of nitrogens with one attached hydrogen (secondary N) is 1. The van der Waals surface area contributed by atoms with Crippen molar-refractivity contribution in [2.45, 2.75) is 70.3 Å². The predicted octanol–water partition coefficient (Wildman–Crippen LogP) is 5.87. The third-order valence-electron chi connectivity index (χ3n) is 4.39. The molecule has 0 bridgehead atoms. The summed E-state index contributed by atoms with van der Waals surface area (Å²) in [5.74, 6) is 0. The molecule has 1 aliphatic carbocycles. The van der Waals surface area contributed by atoms with Crippen LogP contribution in [0.4, 0.5) is 5.69 Å². The lowest BCUT2D eigenvalue weighted by Crippen LogP contribution is -2.30. The second-order valence-corrected chi connectivity index (χ2v) is 6.60. The molecule has 1 aliphatic rings. The number of benzene rings is 1. The smallest absolute Gasteiger partial charge is 0.0792 e. The van der Waals surface area contributed by atoms with Gasteiger partial charge in [0.1, 0.15) is 0 Å². The summed E-state index contributed by atoms with van der Waals surface area (Å²) in [5.41, 5.74) is 1.91. The van der Waals surface area contributed by atoms with Crippen molar-refractivity contribution in [1.29, 1.82) is 0 Å². The quantitative estimate of drug-likeness (QED) is 0.528. The van der Waals surface area contributed by atoms with Gasteiger partial charge in [-0.25, -0.2) is 0 Å². The summed E-state index contributed by atoms with van der Waals surface area (Å²) >= 11 is 5.94. The standard InChI is InChI=1S/C18H27ClN2O/c19-15-11-13-16(14-12-15)20-17-9-7-5-3-1-2-4-6-8-10-18(17)21-22/h11-14,17,20,22H,1-10H2/b21-18-. The van der Waals surface area contributed by atoms with Gasteiger partial charge in [-0.2, -0.15) is 0 Å². The van der Waals surface area contributed by atoms with Gasteiger partial charge in [0.25, 0.3) is 0 Å². The fourth-order valence-electron chi connectivity index (χ4n) is 3.08. The van der Waals surface area contributed by atoms with Crippen LogP contribution in [-0.4, -0.2) is 17.0 Å². The molecule has 1 fully saturated rings. The molecule has 0 saturated heterocycles. The van der Waals surface area contributed by atoms with Crippen molar-refractivity contribution in [2.24, 2.45) is 5.16 Å². The molecule has 4 heteroatoms. The molecular formula is C18H27ClN2O. The summed E-state index contributed by atoms with van der Waals surface area (Å²) in [5, 5.41) is 17.3. The molecule has 2 rings (SSSR count). The van der Waals surface area contributed by atoms with Crippen molar-refractivity contribution in [3.8, 4) is 0 Å². The van der Waals surface area contributed by atoms with Gasteiger partial charge < -0.3 is 10.5 Å². The van der Waals surface area contributed by atoms with Crippen LogP contribution in [0.15, 0.2) is 29.4 Å². The van der Waals surface area contributed by atoms with Gasteiger partial charge in [0.15, 0.2) is 0 Å². The molecule has 0 radical (unpaired) electrons. The summed E-state index contributed by atoms with van der Waals surface area (Å²) in [6.07, 6.45) is 12.0. The fourth-order valence-corrected chi connectivity index (χ4v) is 3.20. The van der Waals surface area contributed by atoms with Crippen LogP contribution in [0.2, 0.25) is 5.02 Å². The lowest BCUT2D eigenvalue weighted by Gasteiger charge is -2.22. The summed E-state index contributed by atoms with van der Waals surface area (Å²) < 4.78 is 0. The van der Waals surface area contributed by atoms with Crippen LogP contribution in [0.3, 0.4) is 0 Å². The maximum atomic E-state index is 9.42. The molecule has 1 aromatic carbocycles. The van der Waals surface area contributed by atoms with Gasteiger partial charge in [-0.05, 0) is 43.5 Å².